The van der Waals surface area contributed by atoms with E-state index >= 15 is 0 Å². The number of anilines is 2. The Morgan fingerprint density at radius 2 is 2.26 bits per heavy atom. The second-order valence-electron chi connectivity index (χ2n) is 5.18. The highest BCUT2D eigenvalue weighted by molar-refractivity contribution is 7.18. The number of nitrogens with one attached hydrogen (secondary N) is 1. The van der Waals surface area contributed by atoms with E-state index in [1.807, 2.05) is 6.07 Å². The monoisotopic (exact) mass is 282 g/mol. The predicted octanol–water partition coefficient (Wildman–Crippen LogP) is 3.50. The first-order chi connectivity index (χ1) is 9.10. The third-order valence-corrected chi connectivity index (χ3v) is 5.11. The summed E-state index contributed by atoms with van der Waals surface area (Å²) in [6.45, 7) is 5.37. The van der Waals surface area contributed by atoms with E-state index in [1.165, 1.54) is 37.0 Å². The Kier molecular flexibility index (Phi) is 4.34. The second kappa shape index (κ2) is 5.82. The minimum atomic E-state index is -0.327. The zero-order chi connectivity index (χ0) is 13.9. The molecule has 1 aliphatic rings. The Morgan fingerprint density at radius 1 is 1.53 bits per heavy atom. The lowest BCUT2D eigenvalue weighted by Gasteiger charge is -2.41. The van der Waals surface area contributed by atoms with Crippen LogP contribution in [-0.4, -0.2) is 19.1 Å². The van der Waals surface area contributed by atoms with Crippen LogP contribution in [0.1, 0.15) is 49.2 Å². The van der Waals surface area contributed by atoms with Crippen LogP contribution in [0.15, 0.2) is 6.07 Å². The first-order valence-electron chi connectivity index (χ1n) is 6.90. The largest absolute Gasteiger partial charge is 0.462 e. The quantitative estimate of drug-likeness (QED) is 0.784. The first kappa shape index (κ1) is 14.2. The van der Waals surface area contributed by atoms with Crippen LogP contribution in [0.25, 0.3) is 0 Å². The van der Waals surface area contributed by atoms with Gasteiger partial charge in [0.25, 0.3) is 0 Å². The van der Waals surface area contributed by atoms with Crippen LogP contribution in [0, 0.1) is 5.41 Å². The fourth-order valence-electron chi connectivity index (χ4n) is 2.46. The van der Waals surface area contributed by atoms with Gasteiger partial charge in [-0.05, 0) is 37.7 Å². The summed E-state index contributed by atoms with van der Waals surface area (Å²) in [5.74, 6) is -0.327. The highest BCUT2D eigenvalue weighted by Gasteiger charge is 2.34. The molecule has 1 aromatic rings. The topological polar surface area (TPSA) is 64.3 Å². The molecule has 0 amide bonds. The molecule has 1 aliphatic carbocycles. The van der Waals surface area contributed by atoms with E-state index in [0.29, 0.717) is 22.6 Å². The van der Waals surface area contributed by atoms with E-state index in [2.05, 4.69) is 12.2 Å². The summed E-state index contributed by atoms with van der Waals surface area (Å²) < 4.78 is 4.98. The number of thiophene rings is 1. The Balaban J connectivity index is 1.98. The van der Waals surface area contributed by atoms with Crippen LogP contribution in [-0.2, 0) is 4.74 Å². The first-order valence-corrected chi connectivity index (χ1v) is 7.72. The molecule has 5 heteroatoms. The molecule has 1 heterocycles. The van der Waals surface area contributed by atoms with Gasteiger partial charge in [-0.1, -0.05) is 13.3 Å². The van der Waals surface area contributed by atoms with Gasteiger partial charge in [-0.15, -0.1) is 11.3 Å². The number of hydrogen-bond acceptors (Lipinski definition) is 5. The van der Waals surface area contributed by atoms with Crippen LogP contribution in [0.3, 0.4) is 0 Å². The van der Waals surface area contributed by atoms with Crippen LogP contribution in [0.4, 0.5) is 10.7 Å². The molecular weight excluding hydrogens is 260 g/mol. The Hall–Kier alpha value is -1.23. The summed E-state index contributed by atoms with van der Waals surface area (Å²) in [6, 6.07) is 1.83. The fourth-order valence-corrected chi connectivity index (χ4v) is 3.32. The van der Waals surface area contributed by atoms with Crippen molar-refractivity contribution >= 4 is 28.0 Å². The number of nitrogen functional groups attached to an aromatic ring is 1. The van der Waals surface area contributed by atoms with Crippen molar-refractivity contribution in [1.82, 2.24) is 0 Å². The van der Waals surface area contributed by atoms with E-state index in [9.17, 15) is 4.79 Å². The smallest absolute Gasteiger partial charge is 0.350 e. The summed E-state index contributed by atoms with van der Waals surface area (Å²) in [4.78, 5) is 12.2. The molecule has 0 unspecified atom stereocenters. The predicted molar refractivity (Wildman–Crippen MR) is 79.8 cm³/mol. The van der Waals surface area contributed by atoms with E-state index in [-0.39, 0.29) is 5.97 Å². The number of ether oxygens (including phenoxy) is 1. The van der Waals surface area contributed by atoms with Crippen molar-refractivity contribution in [2.45, 2.75) is 39.5 Å². The number of esters is 1. The van der Waals surface area contributed by atoms with Gasteiger partial charge in [0.2, 0.25) is 0 Å². The van der Waals surface area contributed by atoms with Crippen LogP contribution in [0.5, 0.6) is 0 Å². The molecule has 106 valence electrons. The maximum atomic E-state index is 11.7. The van der Waals surface area contributed by atoms with Gasteiger partial charge < -0.3 is 15.8 Å². The fraction of sp³-hybridized carbons (Fsp3) is 0.643. The van der Waals surface area contributed by atoms with Crippen LogP contribution >= 0.6 is 11.3 Å². The SMILES string of the molecule is CCOC(=O)c1sc(NCC2(CC)CCC2)cc1N. The third kappa shape index (κ3) is 3.03. The van der Waals surface area contributed by atoms with E-state index in [0.717, 1.165) is 11.5 Å². The summed E-state index contributed by atoms with van der Waals surface area (Å²) in [5, 5.41) is 4.39. The van der Waals surface area contributed by atoms with Gasteiger partial charge in [0.15, 0.2) is 0 Å². The molecule has 0 spiro atoms. The molecule has 2 rings (SSSR count). The van der Waals surface area contributed by atoms with E-state index in [1.54, 1.807) is 6.92 Å². The van der Waals surface area contributed by atoms with E-state index in [4.69, 9.17) is 10.5 Å². The van der Waals surface area contributed by atoms with Gasteiger partial charge in [-0.25, -0.2) is 4.79 Å². The maximum Gasteiger partial charge on any atom is 0.350 e. The van der Waals surface area contributed by atoms with Crippen molar-refractivity contribution in [3.8, 4) is 0 Å². The van der Waals surface area contributed by atoms with Gasteiger partial charge in [-0.3, -0.25) is 0 Å². The second-order valence-corrected chi connectivity index (χ2v) is 6.23. The molecule has 0 radical (unpaired) electrons. The molecular formula is C14H22N2O2S. The Morgan fingerprint density at radius 3 is 2.79 bits per heavy atom. The van der Waals surface area contributed by atoms with Crippen molar-refractivity contribution < 1.29 is 9.53 Å². The minimum absolute atomic E-state index is 0.327. The number of carbonyl (C=O) groups is 1. The van der Waals surface area contributed by atoms with Crippen LogP contribution in [0.2, 0.25) is 0 Å². The summed E-state index contributed by atoms with van der Waals surface area (Å²) in [5.41, 5.74) is 6.81. The van der Waals surface area contributed by atoms with Crippen molar-refractivity contribution in [2.75, 3.05) is 24.2 Å². The van der Waals surface area contributed by atoms with Gasteiger partial charge >= 0.3 is 5.97 Å². The molecule has 0 atom stereocenters. The molecule has 0 bridgehead atoms. The molecule has 1 fully saturated rings. The molecule has 1 saturated carbocycles. The van der Waals surface area contributed by atoms with Crippen LogP contribution < -0.4 is 11.1 Å². The average molecular weight is 282 g/mol. The molecule has 4 nitrogen and oxygen atoms in total. The third-order valence-electron chi connectivity index (χ3n) is 4.02. The molecule has 1 aromatic heterocycles. The lowest BCUT2D eigenvalue weighted by atomic mass is 9.67. The van der Waals surface area contributed by atoms with Crippen molar-refractivity contribution in [3.05, 3.63) is 10.9 Å². The Bertz CT molecular complexity index is 447. The van der Waals surface area contributed by atoms with Crippen molar-refractivity contribution in [1.29, 1.82) is 0 Å². The van der Waals surface area contributed by atoms with Gasteiger partial charge in [0.1, 0.15) is 4.88 Å². The molecule has 0 saturated heterocycles. The average Bonchev–Trinajstić information content (AvgIpc) is 2.70. The molecule has 0 aliphatic heterocycles. The number of nitrogens with two attached hydrogens (primary N) is 1. The minimum Gasteiger partial charge on any atom is -0.462 e. The lowest BCUT2D eigenvalue weighted by Crippen LogP contribution is -2.35. The molecule has 0 aromatic carbocycles. The summed E-state index contributed by atoms with van der Waals surface area (Å²) in [6.07, 6.45) is 5.12. The number of hydrogen-bond donors (Lipinski definition) is 2. The zero-order valence-corrected chi connectivity index (χ0v) is 12.4. The van der Waals surface area contributed by atoms with Crippen molar-refractivity contribution in [3.63, 3.8) is 0 Å². The summed E-state index contributed by atoms with van der Waals surface area (Å²) >= 11 is 1.38. The normalized spacial score (nSPS) is 16.7. The van der Waals surface area contributed by atoms with Gasteiger partial charge in [0.05, 0.1) is 17.3 Å². The Labute approximate surface area is 118 Å². The van der Waals surface area contributed by atoms with Gasteiger partial charge in [-0.2, -0.15) is 0 Å². The highest BCUT2D eigenvalue weighted by Crippen LogP contribution is 2.44. The number of rotatable bonds is 6. The molecule has 19 heavy (non-hydrogen) atoms. The number of carbonyl (C=O) groups excluding carboxylic acids is 1. The standard InChI is InChI=1S/C14H22N2O2S/c1-3-14(6-5-7-14)9-16-11-8-10(15)12(19-11)13(17)18-4-2/h8,16H,3-7,9,15H2,1-2H3. The highest BCUT2D eigenvalue weighted by atomic mass is 32.1. The zero-order valence-electron chi connectivity index (χ0n) is 11.6. The van der Waals surface area contributed by atoms with E-state index < -0.39 is 0 Å². The summed E-state index contributed by atoms with van der Waals surface area (Å²) in [7, 11) is 0. The van der Waals surface area contributed by atoms with Crippen molar-refractivity contribution in [2.24, 2.45) is 5.41 Å². The lowest BCUT2D eigenvalue weighted by molar-refractivity contribution is 0.0533. The van der Waals surface area contributed by atoms with Gasteiger partial charge in [0, 0.05) is 6.54 Å². The molecule has 3 N–H and O–H groups in total. The maximum absolute atomic E-state index is 11.7.